The summed E-state index contributed by atoms with van der Waals surface area (Å²) in [6, 6.07) is 3.54. The Bertz CT molecular complexity index is 314. The SMILES string of the molecule is CCCCCCCOC(=O)Nc1cccnc1. The second kappa shape index (κ2) is 8.56. The van der Waals surface area contributed by atoms with Crippen molar-refractivity contribution in [3.05, 3.63) is 24.5 Å². The lowest BCUT2D eigenvalue weighted by molar-refractivity contribution is 0.159. The van der Waals surface area contributed by atoms with Crippen LogP contribution in [0.1, 0.15) is 39.0 Å². The number of aromatic nitrogens is 1. The Morgan fingerprint density at radius 3 is 2.88 bits per heavy atom. The molecular formula is C13H20N2O2. The monoisotopic (exact) mass is 236 g/mol. The molecule has 1 aromatic rings. The van der Waals surface area contributed by atoms with Gasteiger partial charge in [0, 0.05) is 6.20 Å². The molecule has 17 heavy (non-hydrogen) atoms. The second-order valence-corrected chi connectivity index (χ2v) is 3.92. The third-order valence-corrected chi connectivity index (χ3v) is 2.39. The van der Waals surface area contributed by atoms with Crippen LogP contribution < -0.4 is 5.32 Å². The molecule has 0 aliphatic carbocycles. The normalized spacial score (nSPS) is 9.94. The lowest BCUT2D eigenvalue weighted by Gasteiger charge is -2.06. The third kappa shape index (κ3) is 6.56. The Morgan fingerprint density at radius 1 is 1.35 bits per heavy atom. The molecule has 4 nitrogen and oxygen atoms in total. The first kappa shape index (κ1) is 13.5. The van der Waals surface area contributed by atoms with E-state index in [4.69, 9.17) is 4.74 Å². The maximum absolute atomic E-state index is 11.3. The molecule has 94 valence electrons. The van der Waals surface area contributed by atoms with Crippen molar-refractivity contribution in [2.24, 2.45) is 0 Å². The average molecular weight is 236 g/mol. The van der Waals surface area contributed by atoms with Gasteiger partial charge in [0.2, 0.25) is 0 Å². The summed E-state index contributed by atoms with van der Waals surface area (Å²) in [5, 5.41) is 2.62. The number of hydrogen-bond donors (Lipinski definition) is 1. The van der Waals surface area contributed by atoms with Crippen LogP contribution in [0.4, 0.5) is 10.5 Å². The van der Waals surface area contributed by atoms with Crippen molar-refractivity contribution in [1.82, 2.24) is 4.98 Å². The molecule has 1 heterocycles. The van der Waals surface area contributed by atoms with Gasteiger partial charge in [-0.15, -0.1) is 0 Å². The summed E-state index contributed by atoms with van der Waals surface area (Å²) in [5.41, 5.74) is 0.656. The maximum Gasteiger partial charge on any atom is 0.411 e. The standard InChI is InChI=1S/C13H20N2O2/c1-2-3-4-5-6-10-17-13(16)15-12-8-7-9-14-11-12/h7-9,11H,2-6,10H2,1H3,(H,15,16). The van der Waals surface area contributed by atoms with Gasteiger partial charge in [-0.1, -0.05) is 32.6 Å². The van der Waals surface area contributed by atoms with Gasteiger partial charge in [0.05, 0.1) is 18.5 Å². The molecule has 0 atom stereocenters. The number of anilines is 1. The summed E-state index contributed by atoms with van der Waals surface area (Å²) in [4.78, 5) is 15.2. The second-order valence-electron chi connectivity index (χ2n) is 3.92. The van der Waals surface area contributed by atoms with E-state index in [0.29, 0.717) is 12.3 Å². The number of hydrogen-bond acceptors (Lipinski definition) is 3. The molecule has 0 saturated carbocycles. The van der Waals surface area contributed by atoms with E-state index < -0.39 is 6.09 Å². The van der Waals surface area contributed by atoms with E-state index in [1.165, 1.54) is 19.3 Å². The number of carbonyl (C=O) groups is 1. The molecule has 1 N–H and O–H groups in total. The van der Waals surface area contributed by atoms with E-state index in [1.54, 1.807) is 24.5 Å². The van der Waals surface area contributed by atoms with Crippen LogP contribution >= 0.6 is 0 Å². The summed E-state index contributed by atoms with van der Waals surface area (Å²) >= 11 is 0. The van der Waals surface area contributed by atoms with Crippen molar-refractivity contribution in [3.8, 4) is 0 Å². The van der Waals surface area contributed by atoms with Gasteiger partial charge in [-0.2, -0.15) is 0 Å². The minimum Gasteiger partial charge on any atom is -0.449 e. The first-order chi connectivity index (χ1) is 8.33. The largest absolute Gasteiger partial charge is 0.449 e. The Labute approximate surface area is 102 Å². The Morgan fingerprint density at radius 2 is 2.18 bits per heavy atom. The van der Waals surface area contributed by atoms with Gasteiger partial charge in [0.25, 0.3) is 0 Å². The molecule has 0 saturated heterocycles. The fourth-order valence-electron chi connectivity index (χ4n) is 1.46. The number of carbonyl (C=O) groups excluding carboxylic acids is 1. The molecule has 0 fully saturated rings. The predicted molar refractivity (Wildman–Crippen MR) is 68.0 cm³/mol. The van der Waals surface area contributed by atoms with Crippen LogP contribution in [0.25, 0.3) is 0 Å². The molecular weight excluding hydrogens is 216 g/mol. The molecule has 0 aliphatic rings. The number of amides is 1. The van der Waals surface area contributed by atoms with E-state index in [0.717, 1.165) is 12.8 Å². The zero-order chi connectivity index (χ0) is 12.3. The zero-order valence-corrected chi connectivity index (χ0v) is 10.3. The van der Waals surface area contributed by atoms with Crippen LogP contribution in [0.3, 0.4) is 0 Å². The third-order valence-electron chi connectivity index (χ3n) is 2.39. The number of nitrogens with one attached hydrogen (secondary N) is 1. The topological polar surface area (TPSA) is 51.2 Å². The molecule has 1 rings (SSSR count). The number of unbranched alkanes of at least 4 members (excludes halogenated alkanes) is 4. The Hall–Kier alpha value is -1.58. The lowest BCUT2D eigenvalue weighted by Crippen LogP contribution is -2.14. The van der Waals surface area contributed by atoms with Gasteiger partial charge in [-0.05, 0) is 18.6 Å². The summed E-state index contributed by atoms with van der Waals surface area (Å²) in [7, 11) is 0. The van der Waals surface area contributed by atoms with E-state index in [9.17, 15) is 4.79 Å². The fourth-order valence-corrected chi connectivity index (χ4v) is 1.46. The van der Waals surface area contributed by atoms with Gasteiger partial charge in [0.1, 0.15) is 0 Å². The first-order valence-corrected chi connectivity index (χ1v) is 6.16. The summed E-state index contributed by atoms with van der Waals surface area (Å²) in [6.07, 6.45) is 8.57. The van der Waals surface area contributed by atoms with Crippen LogP contribution in [0, 0.1) is 0 Å². The highest BCUT2D eigenvalue weighted by Crippen LogP contribution is 2.05. The molecule has 4 heteroatoms. The van der Waals surface area contributed by atoms with Crippen molar-refractivity contribution >= 4 is 11.8 Å². The molecule has 0 radical (unpaired) electrons. The van der Waals surface area contributed by atoms with Gasteiger partial charge in [0.15, 0.2) is 0 Å². The highest BCUT2D eigenvalue weighted by molar-refractivity contribution is 5.84. The van der Waals surface area contributed by atoms with Crippen molar-refractivity contribution < 1.29 is 9.53 Å². The van der Waals surface area contributed by atoms with Crippen molar-refractivity contribution in [2.45, 2.75) is 39.0 Å². The molecule has 1 amide bonds. The summed E-state index contributed by atoms with van der Waals surface area (Å²) in [5.74, 6) is 0. The fraction of sp³-hybridized carbons (Fsp3) is 0.538. The van der Waals surface area contributed by atoms with Gasteiger partial charge in [-0.25, -0.2) is 4.79 Å². The minimum absolute atomic E-state index is 0.409. The summed E-state index contributed by atoms with van der Waals surface area (Å²) in [6.45, 7) is 2.66. The highest BCUT2D eigenvalue weighted by Gasteiger charge is 2.01. The zero-order valence-electron chi connectivity index (χ0n) is 10.3. The summed E-state index contributed by atoms with van der Waals surface area (Å²) < 4.78 is 5.05. The lowest BCUT2D eigenvalue weighted by atomic mass is 10.2. The smallest absolute Gasteiger partial charge is 0.411 e. The van der Waals surface area contributed by atoms with Crippen LogP contribution in [-0.4, -0.2) is 17.7 Å². The van der Waals surface area contributed by atoms with Gasteiger partial charge >= 0.3 is 6.09 Å². The number of rotatable bonds is 7. The van der Waals surface area contributed by atoms with E-state index in [2.05, 4.69) is 17.2 Å². The maximum atomic E-state index is 11.3. The van der Waals surface area contributed by atoms with E-state index in [-0.39, 0.29) is 0 Å². The predicted octanol–water partition coefficient (Wildman–Crippen LogP) is 3.60. The van der Waals surface area contributed by atoms with Crippen molar-refractivity contribution in [3.63, 3.8) is 0 Å². The number of nitrogens with zero attached hydrogens (tertiary/aromatic N) is 1. The Balaban J connectivity index is 2.06. The van der Waals surface area contributed by atoms with Crippen LogP contribution in [-0.2, 0) is 4.74 Å². The van der Waals surface area contributed by atoms with E-state index >= 15 is 0 Å². The highest BCUT2D eigenvalue weighted by atomic mass is 16.5. The molecule has 0 aromatic carbocycles. The van der Waals surface area contributed by atoms with Gasteiger partial charge in [-0.3, -0.25) is 10.3 Å². The van der Waals surface area contributed by atoms with Gasteiger partial charge < -0.3 is 4.74 Å². The van der Waals surface area contributed by atoms with Crippen molar-refractivity contribution in [2.75, 3.05) is 11.9 Å². The van der Waals surface area contributed by atoms with Crippen molar-refractivity contribution in [1.29, 1.82) is 0 Å². The van der Waals surface area contributed by atoms with Crippen LogP contribution in [0.15, 0.2) is 24.5 Å². The van der Waals surface area contributed by atoms with Crippen LogP contribution in [0.2, 0.25) is 0 Å². The van der Waals surface area contributed by atoms with E-state index in [1.807, 2.05) is 0 Å². The molecule has 1 aromatic heterocycles. The molecule has 0 unspecified atom stereocenters. The molecule has 0 spiro atoms. The minimum atomic E-state index is -0.409. The first-order valence-electron chi connectivity index (χ1n) is 6.16. The number of ether oxygens (including phenoxy) is 1. The number of pyridine rings is 1. The molecule has 0 aliphatic heterocycles. The molecule has 0 bridgehead atoms. The average Bonchev–Trinajstić information content (AvgIpc) is 2.35. The Kier molecular flexibility index (Phi) is 6.79. The van der Waals surface area contributed by atoms with Crippen LogP contribution in [0.5, 0.6) is 0 Å². The quantitative estimate of drug-likeness (QED) is 0.736.